The van der Waals surface area contributed by atoms with Crippen molar-refractivity contribution in [3.8, 4) is 0 Å². The third kappa shape index (κ3) is 2.82. The Kier molecular flexibility index (Phi) is 3.39. The normalized spacial score (nSPS) is 10.2. The number of nitrogens with zero attached hydrogens (tertiary/aromatic N) is 2. The molecule has 0 fully saturated rings. The summed E-state index contributed by atoms with van der Waals surface area (Å²) < 4.78 is 4.89. The van der Waals surface area contributed by atoms with Crippen molar-refractivity contribution in [1.82, 2.24) is 15.5 Å². The predicted octanol–water partition coefficient (Wildman–Crippen LogP) is 1.96. The van der Waals surface area contributed by atoms with Crippen LogP contribution in [0.1, 0.15) is 21.8 Å². The molecule has 0 radical (unpaired) electrons. The summed E-state index contributed by atoms with van der Waals surface area (Å²) in [6.45, 7) is 2.08. The van der Waals surface area contributed by atoms with Crippen LogP contribution >= 0.6 is 11.6 Å². The maximum absolute atomic E-state index is 11.8. The van der Waals surface area contributed by atoms with Crippen LogP contribution in [0.3, 0.4) is 0 Å². The number of rotatable bonds is 3. The standard InChI is InChI=1S/C11H10ClN3O2/c1-7-4-8(15-17-7)5-14-11(16)9-6-13-3-2-10(9)12/h2-4,6H,5H2,1H3,(H,14,16). The molecule has 2 aromatic heterocycles. The molecule has 0 atom stereocenters. The first kappa shape index (κ1) is 11.6. The fourth-order valence-electron chi connectivity index (χ4n) is 1.31. The molecule has 0 aliphatic rings. The monoisotopic (exact) mass is 251 g/mol. The maximum atomic E-state index is 11.8. The second-order valence-electron chi connectivity index (χ2n) is 3.47. The lowest BCUT2D eigenvalue weighted by Crippen LogP contribution is -2.23. The minimum atomic E-state index is -0.288. The van der Waals surface area contributed by atoms with Crippen LogP contribution in [0.25, 0.3) is 0 Å². The van der Waals surface area contributed by atoms with Gasteiger partial charge < -0.3 is 9.84 Å². The number of halogens is 1. The fourth-order valence-corrected chi connectivity index (χ4v) is 1.50. The van der Waals surface area contributed by atoms with E-state index >= 15 is 0 Å². The topological polar surface area (TPSA) is 68.0 Å². The molecular formula is C11H10ClN3O2. The van der Waals surface area contributed by atoms with Crippen LogP contribution in [-0.4, -0.2) is 16.0 Å². The van der Waals surface area contributed by atoms with Crippen LogP contribution in [0.4, 0.5) is 0 Å². The van der Waals surface area contributed by atoms with Crippen molar-refractivity contribution >= 4 is 17.5 Å². The van der Waals surface area contributed by atoms with Gasteiger partial charge in [-0.2, -0.15) is 0 Å². The van der Waals surface area contributed by atoms with Crippen molar-refractivity contribution in [2.24, 2.45) is 0 Å². The number of hydrogen-bond donors (Lipinski definition) is 1. The third-order valence-corrected chi connectivity index (χ3v) is 2.45. The highest BCUT2D eigenvalue weighted by Crippen LogP contribution is 2.13. The number of hydrogen-bond acceptors (Lipinski definition) is 4. The van der Waals surface area contributed by atoms with Crippen LogP contribution in [0.15, 0.2) is 29.0 Å². The maximum Gasteiger partial charge on any atom is 0.254 e. The van der Waals surface area contributed by atoms with Gasteiger partial charge in [-0.1, -0.05) is 16.8 Å². The van der Waals surface area contributed by atoms with Gasteiger partial charge in [0, 0.05) is 18.5 Å². The lowest BCUT2D eigenvalue weighted by Gasteiger charge is -2.03. The zero-order valence-electron chi connectivity index (χ0n) is 9.11. The van der Waals surface area contributed by atoms with Gasteiger partial charge in [-0.15, -0.1) is 0 Å². The van der Waals surface area contributed by atoms with Crippen LogP contribution in [0, 0.1) is 6.92 Å². The first-order chi connectivity index (χ1) is 8.16. The van der Waals surface area contributed by atoms with E-state index in [1.54, 1.807) is 19.1 Å². The molecule has 5 nitrogen and oxygen atoms in total. The average Bonchev–Trinajstić information content (AvgIpc) is 2.73. The number of aryl methyl sites for hydroxylation is 1. The molecule has 0 unspecified atom stereocenters. The van der Waals surface area contributed by atoms with E-state index in [9.17, 15) is 4.79 Å². The Bertz CT molecular complexity index is 539. The van der Waals surface area contributed by atoms with Crippen LogP contribution in [-0.2, 0) is 6.54 Å². The van der Waals surface area contributed by atoms with E-state index in [0.717, 1.165) is 0 Å². The van der Waals surface area contributed by atoms with Gasteiger partial charge >= 0.3 is 0 Å². The third-order valence-electron chi connectivity index (χ3n) is 2.12. The highest BCUT2D eigenvalue weighted by molar-refractivity contribution is 6.33. The molecule has 1 amide bonds. The van der Waals surface area contributed by atoms with Crippen LogP contribution in [0.5, 0.6) is 0 Å². The van der Waals surface area contributed by atoms with Gasteiger partial charge in [-0.05, 0) is 13.0 Å². The van der Waals surface area contributed by atoms with Crippen molar-refractivity contribution in [3.05, 3.63) is 46.6 Å². The summed E-state index contributed by atoms with van der Waals surface area (Å²) in [5.41, 5.74) is 1.00. The van der Waals surface area contributed by atoms with E-state index in [1.807, 2.05) is 0 Å². The quantitative estimate of drug-likeness (QED) is 0.906. The van der Waals surface area contributed by atoms with Crippen molar-refractivity contribution in [3.63, 3.8) is 0 Å². The molecule has 1 N–H and O–H groups in total. The van der Waals surface area contributed by atoms with E-state index in [2.05, 4.69) is 15.5 Å². The molecule has 0 aliphatic carbocycles. The smallest absolute Gasteiger partial charge is 0.254 e. The molecule has 2 aromatic rings. The van der Waals surface area contributed by atoms with E-state index in [4.69, 9.17) is 16.1 Å². The SMILES string of the molecule is Cc1cc(CNC(=O)c2cnccc2Cl)no1. The molecule has 0 saturated heterocycles. The lowest BCUT2D eigenvalue weighted by molar-refractivity contribution is 0.0950. The fraction of sp³-hybridized carbons (Fsp3) is 0.182. The van der Waals surface area contributed by atoms with Crippen molar-refractivity contribution < 1.29 is 9.32 Å². The largest absolute Gasteiger partial charge is 0.361 e. The van der Waals surface area contributed by atoms with Crippen molar-refractivity contribution in [1.29, 1.82) is 0 Å². The molecule has 0 aromatic carbocycles. The predicted molar refractivity (Wildman–Crippen MR) is 61.7 cm³/mol. The molecule has 0 aliphatic heterocycles. The molecule has 0 spiro atoms. The Morgan fingerprint density at radius 2 is 2.41 bits per heavy atom. The number of carbonyl (C=O) groups excluding carboxylic acids is 1. The van der Waals surface area contributed by atoms with E-state index in [0.29, 0.717) is 28.6 Å². The summed E-state index contributed by atoms with van der Waals surface area (Å²) in [5, 5.41) is 6.82. The second-order valence-corrected chi connectivity index (χ2v) is 3.87. The van der Waals surface area contributed by atoms with E-state index in [-0.39, 0.29) is 5.91 Å². The molecular weight excluding hydrogens is 242 g/mol. The number of pyridine rings is 1. The van der Waals surface area contributed by atoms with Crippen molar-refractivity contribution in [2.45, 2.75) is 13.5 Å². The van der Waals surface area contributed by atoms with Gasteiger partial charge in [-0.25, -0.2) is 0 Å². The lowest BCUT2D eigenvalue weighted by atomic mass is 10.2. The minimum absolute atomic E-state index is 0.288. The second kappa shape index (κ2) is 4.97. The summed E-state index contributed by atoms with van der Waals surface area (Å²) in [6.07, 6.45) is 2.95. The molecule has 0 bridgehead atoms. The summed E-state index contributed by atoms with van der Waals surface area (Å²) in [7, 11) is 0. The minimum Gasteiger partial charge on any atom is -0.361 e. The van der Waals surface area contributed by atoms with Crippen LogP contribution < -0.4 is 5.32 Å². The Morgan fingerprint density at radius 3 is 3.06 bits per heavy atom. The molecule has 2 rings (SSSR count). The number of nitrogens with one attached hydrogen (secondary N) is 1. The van der Waals surface area contributed by atoms with Gasteiger partial charge in [0.15, 0.2) is 0 Å². The van der Waals surface area contributed by atoms with Gasteiger partial charge in [0.2, 0.25) is 0 Å². The molecule has 17 heavy (non-hydrogen) atoms. The first-order valence-electron chi connectivity index (χ1n) is 4.96. The van der Waals surface area contributed by atoms with Gasteiger partial charge in [0.25, 0.3) is 5.91 Å². The van der Waals surface area contributed by atoms with E-state index in [1.165, 1.54) is 12.4 Å². The van der Waals surface area contributed by atoms with Crippen LogP contribution in [0.2, 0.25) is 5.02 Å². The van der Waals surface area contributed by atoms with Gasteiger partial charge in [0.1, 0.15) is 11.5 Å². The number of carbonyl (C=O) groups is 1. The summed E-state index contributed by atoms with van der Waals surface area (Å²) in [6, 6.07) is 3.32. The molecule has 6 heteroatoms. The first-order valence-corrected chi connectivity index (χ1v) is 5.34. The van der Waals surface area contributed by atoms with Gasteiger partial charge in [0.05, 0.1) is 17.1 Å². The van der Waals surface area contributed by atoms with Crippen molar-refractivity contribution in [2.75, 3.05) is 0 Å². The Morgan fingerprint density at radius 1 is 1.59 bits per heavy atom. The number of aromatic nitrogens is 2. The Hall–Kier alpha value is -1.88. The average molecular weight is 252 g/mol. The Balaban J connectivity index is 2.01. The molecule has 88 valence electrons. The summed E-state index contributed by atoms with van der Waals surface area (Å²) in [5.74, 6) is 0.414. The summed E-state index contributed by atoms with van der Waals surface area (Å²) >= 11 is 5.87. The zero-order chi connectivity index (χ0) is 12.3. The highest BCUT2D eigenvalue weighted by Gasteiger charge is 2.10. The number of amides is 1. The van der Waals surface area contributed by atoms with E-state index < -0.39 is 0 Å². The Labute approximate surface area is 103 Å². The van der Waals surface area contributed by atoms with Gasteiger partial charge in [-0.3, -0.25) is 9.78 Å². The molecule has 2 heterocycles. The zero-order valence-corrected chi connectivity index (χ0v) is 9.86. The highest BCUT2D eigenvalue weighted by atomic mass is 35.5. The molecule has 0 saturated carbocycles. The summed E-state index contributed by atoms with van der Waals surface area (Å²) in [4.78, 5) is 15.6.